The zero-order valence-corrected chi connectivity index (χ0v) is 30.1. The van der Waals surface area contributed by atoms with Crippen LogP contribution in [0.25, 0.3) is 111 Å². The molecule has 0 bridgehead atoms. The maximum absolute atomic E-state index is 6.66. The summed E-state index contributed by atoms with van der Waals surface area (Å²) in [5.74, 6) is 0.678. The molecule has 0 aliphatic heterocycles. The number of furan rings is 2. The lowest BCUT2D eigenvalue weighted by molar-refractivity contribution is 0.668. The second-order valence-electron chi connectivity index (χ2n) is 14.0. The fourth-order valence-corrected chi connectivity index (χ4v) is 7.86. The van der Waals surface area contributed by atoms with Gasteiger partial charge in [-0.1, -0.05) is 127 Å². The number of pyridine rings is 1. The van der Waals surface area contributed by atoms with Crippen LogP contribution in [0.2, 0.25) is 0 Å². The highest BCUT2D eigenvalue weighted by Crippen LogP contribution is 2.43. The van der Waals surface area contributed by atoms with Crippen molar-refractivity contribution in [1.29, 1.82) is 0 Å². The average molecular weight is 718 g/mol. The molecule has 0 aliphatic rings. The van der Waals surface area contributed by atoms with E-state index in [1.54, 1.807) is 6.20 Å². The Morgan fingerprint density at radius 2 is 1.00 bits per heavy atom. The van der Waals surface area contributed by atoms with E-state index in [0.29, 0.717) is 5.82 Å². The van der Waals surface area contributed by atoms with Crippen LogP contribution < -0.4 is 0 Å². The van der Waals surface area contributed by atoms with Crippen LogP contribution in [0.4, 0.5) is 0 Å². The lowest BCUT2D eigenvalue weighted by Crippen LogP contribution is -1.96. The number of rotatable bonds is 6. The summed E-state index contributed by atoms with van der Waals surface area (Å²) in [5.41, 5.74) is 14.5. The lowest BCUT2D eigenvalue weighted by Gasteiger charge is -2.12. The van der Waals surface area contributed by atoms with Crippen LogP contribution in [-0.4, -0.2) is 15.0 Å². The Bertz CT molecular complexity index is 3240. The number of hydrogen-bond acceptors (Lipinski definition) is 5. The average Bonchev–Trinajstić information content (AvgIpc) is 3.85. The molecule has 0 aliphatic carbocycles. The van der Waals surface area contributed by atoms with Gasteiger partial charge in [0.05, 0.1) is 11.4 Å². The maximum Gasteiger partial charge on any atom is 0.160 e. The predicted octanol–water partition coefficient (Wildman–Crippen LogP) is 13.7. The van der Waals surface area contributed by atoms with E-state index in [0.717, 1.165) is 105 Å². The van der Waals surface area contributed by atoms with Gasteiger partial charge in [-0.15, -0.1) is 0 Å². The van der Waals surface area contributed by atoms with Crippen molar-refractivity contribution in [2.45, 2.75) is 0 Å². The predicted molar refractivity (Wildman–Crippen MR) is 227 cm³/mol. The van der Waals surface area contributed by atoms with Gasteiger partial charge in [-0.05, 0) is 70.8 Å². The Morgan fingerprint density at radius 1 is 0.357 bits per heavy atom. The molecule has 0 radical (unpaired) electrons. The van der Waals surface area contributed by atoms with E-state index in [2.05, 4.69) is 126 Å². The minimum absolute atomic E-state index is 0.678. The fraction of sp³-hybridized carbons (Fsp3) is 0. The van der Waals surface area contributed by atoms with E-state index in [-0.39, 0.29) is 0 Å². The summed E-state index contributed by atoms with van der Waals surface area (Å²) in [7, 11) is 0. The molecule has 0 spiro atoms. The molecule has 5 nitrogen and oxygen atoms in total. The number of aromatic nitrogens is 3. The summed E-state index contributed by atoms with van der Waals surface area (Å²) in [6.45, 7) is 0. The lowest BCUT2D eigenvalue weighted by atomic mass is 9.93. The van der Waals surface area contributed by atoms with E-state index in [4.69, 9.17) is 18.8 Å². The minimum atomic E-state index is 0.678. The number of fused-ring (bicyclic) bond motifs is 6. The molecule has 262 valence electrons. The zero-order chi connectivity index (χ0) is 37.0. The van der Waals surface area contributed by atoms with Gasteiger partial charge in [0, 0.05) is 61.8 Å². The summed E-state index contributed by atoms with van der Waals surface area (Å²) in [5, 5.41) is 4.38. The molecule has 4 aromatic heterocycles. The van der Waals surface area contributed by atoms with E-state index in [1.807, 2.05) is 60.8 Å². The van der Waals surface area contributed by atoms with Crippen molar-refractivity contribution in [2.24, 2.45) is 0 Å². The Labute approximate surface area is 322 Å². The number of nitrogens with zero attached hydrogens (tertiary/aromatic N) is 3. The Balaban J connectivity index is 1.02. The standard InChI is InChI=1S/C51H31N3O2/c1-2-10-34(11-3-1)51-53-44(30-45(54-51)37-13-8-12-35(28-37)38-14-9-27-52-31-38)33-21-19-32(20-22-33)39-25-26-40(50-49(39)43-16-5-7-18-47(43)56-50)36-23-24-42-41-15-4-6-17-46(41)55-48(42)29-36/h1-31H. The van der Waals surface area contributed by atoms with Crippen LogP contribution in [0.1, 0.15) is 0 Å². The molecule has 56 heavy (non-hydrogen) atoms. The van der Waals surface area contributed by atoms with Gasteiger partial charge < -0.3 is 8.83 Å². The third kappa shape index (κ3) is 5.45. The molecular weight excluding hydrogens is 687 g/mol. The smallest absolute Gasteiger partial charge is 0.160 e. The highest BCUT2D eigenvalue weighted by atomic mass is 16.3. The van der Waals surface area contributed by atoms with Crippen LogP contribution in [0.3, 0.4) is 0 Å². The summed E-state index contributed by atoms with van der Waals surface area (Å²) in [4.78, 5) is 14.5. The Morgan fingerprint density at radius 3 is 1.82 bits per heavy atom. The number of para-hydroxylation sites is 2. The SMILES string of the molecule is c1ccc(-c2nc(-c3ccc(-c4ccc(-c5ccc6c(c5)oc5ccccc56)c5oc6ccccc6c45)cc3)cc(-c3cccc(-c4cccnc4)c3)n2)cc1. The molecule has 5 heteroatoms. The van der Waals surface area contributed by atoms with Crippen molar-refractivity contribution >= 4 is 43.9 Å². The molecule has 0 atom stereocenters. The van der Waals surface area contributed by atoms with Crippen LogP contribution in [0.15, 0.2) is 197 Å². The first-order valence-electron chi connectivity index (χ1n) is 18.7. The van der Waals surface area contributed by atoms with Crippen molar-refractivity contribution in [1.82, 2.24) is 15.0 Å². The second-order valence-corrected chi connectivity index (χ2v) is 14.0. The van der Waals surface area contributed by atoms with E-state index < -0.39 is 0 Å². The largest absolute Gasteiger partial charge is 0.456 e. The molecule has 0 saturated carbocycles. The van der Waals surface area contributed by atoms with Gasteiger partial charge in [-0.25, -0.2) is 9.97 Å². The van der Waals surface area contributed by atoms with Gasteiger partial charge >= 0.3 is 0 Å². The summed E-state index contributed by atoms with van der Waals surface area (Å²) < 4.78 is 12.9. The number of benzene rings is 7. The van der Waals surface area contributed by atoms with Gasteiger partial charge in [0.25, 0.3) is 0 Å². The third-order valence-corrected chi connectivity index (χ3v) is 10.6. The van der Waals surface area contributed by atoms with Crippen molar-refractivity contribution in [3.63, 3.8) is 0 Å². The fourth-order valence-electron chi connectivity index (χ4n) is 7.86. The molecule has 0 N–H and O–H groups in total. The van der Waals surface area contributed by atoms with Gasteiger partial charge in [0.15, 0.2) is 5.82 Å². The van der Waals surface area contributed by atoms with Crippen LogP contribution in [0.5, 0.6) is 0 Å². The molecule has 0 amide bonds. The van der Waals surface area contributed by atoms with Gasteiger partial charge in [0.1, 0.15) is 22.3 Å². The van der Waals surface area contributed by atoms with Gasteiger partial charge in [0.2, 0.25) is 0 Å². The van der Waals surface area contributed by atoms with Crippen LogP contribution in [-0.2, 0) is 0 Å². The Kier molecular flexibility index (Phi) is 7.42. The van der Waals surface area contributed by atoms with Crippen LogP contribution in [0, 0.1) is 0 Å². The highest BCUT2D eigenvalue weighted by molar-refractivity contribution is 6.17. The summed E-state index contributed by atoms with van der Waals surface area (Å²) >= 11 is 0. The first kappa shape index (κ1) is 31.9. The Hall–Kier alpha value is -7.63. The molecule has 11 rings (SSSR count). The van der Waals surface area contributed by atoms with Crippen molar-refractivity contribution in [3.05, 3.63) is 188 Å². The normalized spacial score (nSPS) is 11.6. The molecule has 11 aromatic rings. The van der Waals surface area contributed by atoms with Crippen LogP contribution >= 0.6 is 0 Å². The van der Waals surface area contributed by atoms with Crippen molar-refractivity contribution < 1.29 is 8.83 Å². The zero-order valence-electron chi connectivity index (χ0n) is 30.1. The molecule has 7 aromatic carbocycles. The molecule has 4 heterocycles. The summed E-state index contributed by atoms with van der Waals surface area (Å²) in [6, 6.07) is 60.6. The topological polar surface area (TPSA) is 65.0 Å². The first-order valence-corrected chi connectivity index (χ1v) is 18.7. The molecular formula is C51H31N3O2. The third-order valence-electron chi connectivity index (χ3n) is 10.6. The second kappa shape index (κ2) is 13.0. The first-order chi connectivity index (χ1) is 27.7. The highest BCUT2D eigenvalue weighted by Gasteiger charge is 2.19. The van der Waals surface area contributed by atoms with Gasteiger partial charge in [-0.2, -0.15) is 0 Å². The van der Waals surface area contributed by atoms with Crippen molar-refractivity contribution in [2.75, 3.05) is 0 Å². The molecule has 0 unspecified atom stereocenters. The minimum Gasteiger partial charge on any atom is -0.456 e. The number of hydrogen-bond donors (Lipinski definition) is 0. The maximum atomic E-state index is 6.66. The molecule has 0 fully saturated rings. The van der Waals surface area contributed by atoms with E-state index in [9.17, 15) is 0 Å². The van der Waals surface area contributed by atoms with Crippen molar-refractivity contribution in [3.8, 4) is 67.3 Å². The van der Waals surface area contributed by atoms with E-state index >= 15 is 0 Å². The van der Waals surface area contributed by atoms with Gasteiger partial charge in [-0.3, -0.25) is 4.98 Å². The quantitative estimate of drug-likeness (QED) is 0.171. The van der Waals surface area contributed by atoms with E-state index in [1.165, 1.54) is 0 Å². The molecule has 0 saturated heterocycles. The summed E-state index contributed by atoms with van der Waals surface area (Å²) in [6.07, 6.45) is 3.68. The monoisotopic (exact) mass is 717 g/mol.